The Labute approximate surface area is 76.1 Å². The fourth-order valence-corrected chi connectivity index (χ4v) is 3.24. The summed E-state index contributed by atoms with van der Waals surface area (Å²) in [7, 11) is 2.34. The van der Waals surface area contributed by atoms with E-state index in [1.807, 2.05) is 0 Å². The first-order valence-electron chi connectivity index (χ1n) is 5.55. The maximum atomic E-state index is 2.66. The Morgan fingerprint density at radius 3 is 2.67 bits per heavy atom. The van der Waals surface area contributed by atoms with Crippen molar-refractivity contribution in [1.29, 1.82) is 0 Å². The van der Waals surface area contributed by atoms with Crippen molar-refractivity contribution in [2.45, 2.75) is 57.5 Å². The molecule has 1 aliphatic heterocycles. The highest BCUT2D eigenvalue weighted by molar-refractivity contribution is 4.93. The predicted octanol–water partition coefficient (Wildman–Crippen LogP) is 2.66. The molecule has 3 atom stereocenters. The van der Waals surface area contributed by atoms with Crippen LogP contribution in [0.5, 0.6) is 0 Å². The lowest BCUT2D eigenvalue weighted by Gasteiger charge is -2.30. The van der Waals surface area contributed by atoms with E-state index in [-0.39, 0.29) is 0 Å². The molecule has 0 radical (unpaired) electrons. The first-order chi connectivity index (χ1) is 5.83. The van der Waals surface area contributed by atoms with Crippen molar-refractivity contribution in [3.63, 3.8) is 0 Å². The molecule has 1 heteroatoms. The SMILES string of the molecule is CC[C@@H]1C[C@@H]2CCCC[C@@H]2N1C. The van der Waals surface area contributed by atoms with Crippen LogP contribution < -0.4 is 0 Å². The van der Waals surface area contributed by atoms with E-state index in [4.69, 9.17) is 0 Å². The smallest absolute Gasteiger partial charge is 0.0124 e. The van der Waals surface area contributed by atoms with Gasteiger partial charge in [0.2, 0.25) is 0 Å². The van der Waals surface area contributed by atoms with Gasteiger partial charge in [-0.05, 0) is 38.6 Å². The summed E-state index contributed by atoms with van der Waals surface area (Å²) in [6, 6.07) is 1.85. The van der Waals surface area contributed by atoms with Crippen LogP contribution in [0.2, 0.25) is 0 Å². The Balaban J connectivity index is 2.03. The largest absolute Gasteiger partial charge is 0.300 e. The molecule has 2 rings (SSSR count). The van der Waals surface area contributed by atoms with E-state index in [1.165, 1.54) is 38.5 Å². The van der Waals surface area contributed by atoms with Gasteiger partial charge in [-0.15, -0.1) is 0 Å². The molecule has 0 N–H and O–H groups in total. The molecule has 1 nitrogen and oxygen atoms in total. The highest BCUT2D eigenvalue weighted by Gasteiger charge is 2.38. The summed E-state index contributed by atoms with van der Waals surface area (Å²) < 4.78 is 0. The van der Waals surface area contributed by atoms with Crippen molar-refractivity contribution in [3.05, 3.63) is 0 Å². The van der Waals surface area contributed by atoms with E-state index in [2.05, 4.69) is 18.9 Å². The van der Waals surface area contributed by atoms with Gasteiger partial charge in [0.25, 0.3) is 0 Å². The molecule has 2 aliphatic rings. The topological polar surface area (TPSA) is 3.24 Å². The lowest BCUT2D eigenvalue weighted by atomic mass is 9.85. The minimum atomic E-state index is 0.901. The highest BCUT2D eigenvalue weighted by Crippen LogP contribution is 2.39. The van der Waals surface area contributed by atoms with Gasteiger partial charge in [0.15, 0.2) is 0 Å². The Bertz CT molecular complexity index is 153. The van der Waals surface area contributed by atoms with Crippen LogP contribution in [0.15, 0.2) is 0 Å². The van der Waals surface area contributed by atoms with Crippen LogP contribution in [-0.4, -0.2) is 24.0 Å². The third-order valence-electron chi connectivity index (χ3n) is 4.01. The lowest BCUT2D eigenvalue weighted by molar-refractivity contribution is 0.184. The number of rotatable bonds is 1. The molecule has 0 aromatic rings. The van der Waals surface area contributed by atoms with Crippen LogP contribution in [0.1, 0.15) is 45.4 Å². The zero-order chi connectivity index (χ0) is 8.55. The van der Waals surface area contributed by atoms with Crippen molar-refractivity contribution in [2.24, 2.45) is 5.92 Å². The van der Waals surface area contributed by atoms with E-state index in [0.717, 1.165) is 18.0 Å². The standard InChI is InChI=1S/C11H21N/c1-3-10-8-9-6-4-5-7-11(9)12(10)2/h9-11H,3-8H2,1-2H3/t9-,10+,11-/m0/s1. The predicted molar refractivity (Wildman–Crippen MR) is 52.2 cm³/mol. The Morgan fingerprint density at radius 1 is 1.25 bits per heavy atom. The maximum Gasteiger partial charge on any atom is 0.0124 e. The number of hydrogen-bond donors (Lipinski definition) is 0. The molecular formula is C11H21N. The second-order valence-electron chi connectivity index (χ2n) is 4.58. The molecular weight excluding hydrogens is 146 g/mol. The van der Waals surface area contributed by atoms with Crippen LogP contribution in [0.4, 0.5) is 0 Å². The minimum Gasteiger partial charge on any atom is -0.300 e. The molecule has 1 saturated heterocycles. The van der Waals surface area contributed by atoms with Crippen molar-refractivity contribution < 1.29 is 0 Å². The highest BCUT2D eigenvalue weighted by atomic mass is 15.2. The van der Waals surface area contributed by atoms with E-state index in [0.29, 0.717) is 0 Å². The van der Waals surface area contributed by atoms with Gasteiger partial charge in [-0.3, -0.25) is 0 Å². The maximum absolute atomic E-state index is 2.66. The minimum absolute atomic E-state index is 0.901. The van der Waals surface area contributed by atoms with Crippen molar-refractivity contribution in [3.8, 4) is 0 Å². The van der Waals surface area contributed by atoms with Gasteiger partial charge in [-0.25, -0.2) is 0 Å². The summed E-state index contributed by atoms with van der Waals surface area (Å²) in [6.07, 6.45) is 8.78. The quantitative estimate of drug-likeness (QED) is 0.580. The molecule has 0 aromatic carbocycles. The molecule has 2 fully saturated rings. The second kappa shape index (κ2) is 3.37. The molecule has 0 bridgehead atoms. The molecule has 0 aromatic heterocycles. The molecule has 0 amide bonds. The van der Waals surface area contributed by atoms with Crippen molar-refractivity contribution in [2.75, 3.05) is 7.05 Å². The first-order valence-corrected chi connectivity index (χ1v) is 5.55. The van der Waals surface area contributed by atoms with Gasteiger partial charge in [0, 0.05) is 12.1 Å². The van der Waals surface area contributed by atoms with Crippen LogP contribution >= 0.6 is 0 Å². The lowest BCUT2D eigenvalue weighted by Crippen LogP contribution is -2.35. The van der Waals surface area contributed by atoms with Gasteiger partial charge in [-0.1, -0.05) is 19.8 Å². The Kier molecular flexibility index (Phi) is 2.40. The van der Waals surface area contributed by atoms with Gasteiger partial charge in [-0.2, -0.15) is 0 Å². The van der Waals surface area contributed by atoms with Crippen LogP contribution in [0, 0.1) is 5.92 Å². The van der Waals surface area contributed by atoms with Crippen molar-refractivity contribution in [1.82, 2.24) is 4.90 Å². The van der Waals surface area contributed by atoms with Gasteiger partial charge in [0.1, 0.15) is 0 Å². The number of likely N-dealkylation sites (tertiary alicyclic amines) is 1. The van der Waals surface area contributed by atoms with Gasteiger partial charge >= 0.3 is 0 Å². The molecule has 1 aliphatic carbocycles. The monoisotopic (exact) mass is 167 g/mol. The molecule has 0 spiro atoms. The first kappa shape index (κ1) is 8.55. The molecule has 1 saturated carbocycles. The van der Waals surface area contributed by atoms with E-state index in [1.54, 1.807) is 0 Å². The van der Waals surface area contributed by atoms with E-state index in [9.17, 15) is 0 Å². The average molecular weight is 167 g/mol. The van der Waals surface area contributed by atoms with E-state index >= 15 is 0 Å². The van der Waals surface area contributed by atoms with E-state index < -0.39 is 0 Å². The molecule has 1 heterocycles. The zero-order valence-electron chi connectivity index (χ0n) is 8.42. The number of nitrogens with zero attached hydrogens (tertiary/aromatic N) is 1. The average Bonchev–Trinajstić information content (AvgIpc) is 2.44. The summed E-state index contributed by atoms with van der Waals surface area (Å²) in [5, 5.41) is 0. The Morgan fingerprint density at radius 2 is 2.00 bits per heavy atom. The third kappa shape index (κ3) is 1.28. The van der Waals surface area contributed by atoms with Crippen molar-refractivity contribution >= 4 is 0 Å². The van der Waals surface area contributed by atoms with Gasteiger partial charge < -0.3 is 4.90 Å². The molecule has 12 heavy (non-hydrogen) atoms. The van der Waals surface area contributed by atoms with Crippen LogP contribution in [-0.2, 0) is 0 Å². The summed E-state index contributed by atoms with van der Waals surface area (Å²) in [5.41, 5.74) is 0. The summed E-state index contributed by atoms with van der Waals surface area (Å²) in [6.45, 7) is 2.33. The van der Waals surface area contributed by atoms with Crippen LogP contribution in [0.25, 0.3) is 0 Å². The Hall–Kier alpha value is -0.0400. The number of fused-ring (bicyclic) bond motifs is 1. The summed E-state index contributed by atoms with van der Waals surface area (Å²) in [4.78, 5) is 2.66. The van der Waals surface area contributed by atoms with Gasteiger partial charge in [0.05, 0.1) is 0 Å². The summed E-state index contributed by atoms with van der Waals surface area (Å²) in [5.74, 6) is 1.05. The second-order valence-corrected chi connectivity index (χ2v) is 4.58. The fourth-order valence-electron chi connectivity index (χ4n) is 3.24. The number of hydrogen-bond acceptors (Lipinski definition) is 1. The zero-order valence-corrected chi connectivity index (χ0v) is 8.42. The normalized spacial score (nSPS) is 43.0. The van der Waals surface area contributed by atoms with Crippen LogP contribution in [0.3, 0.4) is 0 Å². The summed E-state index contributed by atoms with van der Waals surface area (Å²) >= 11 is 0. The third-order valence-corrected chi connectivity index (χ3v) is 4.01. The molecule has 70 valence electrons. The fraction of sp³-hybridized carbons (Fsp3) is 1.00. The molecule has 0 unspecified atom stereocenters.